The molecule has 0 saturated carbocycles. The van der Waals surface area contributed by atoms with Crippen molar-refractivity contribution in [2.75, 3.05) is 6.54 Å². The van der Waals surface area contributed by atoms with Gasteiger partial charge in [0, 0.05) is 12.6 Å². The average molecular weight is 166 g/mol. The van der Waals surface area contributed by atoms with Crippen LogP contribution in [0.4, 0.5) is 0 Å². The molecule has 2 rings (SSSR count). The normalized spacial score (nSPS) is 35.1. The van der Waals surface area contributed by atoms with Gasteiger partial charge in [-0.05, 0) is 19.3 Å². The Morgan fingerprint density at radius 3 is 2.83 bits per heavy atom. The standard InChI is InChI=1S/C9H14N2O/c10-8-6-11(9(8)12)7-4-2-1-3-5-7/h1-2,7-8H,3-6,10H2. The van der Waals surface area contributed by atoms with Crippen molar-refractivity contribution in [1.82, 2.24) is 4.90 Å². The van der Waals surface area contributed by atoms with E-state index in [1.807, 2.05) is 4.90 Å². The van der Waals surface area contributed by atoms with Crippen molar-refractivity contribution in [3.05, 3.63) is 12.2 Å². The number of allylic oxidation sites excluding steroid dienone is 1. The van der Waals surface area contributed by atoms with Crippen LogP contribution in [-0.2, 0) is 4.79 Å². The molecule has 1 aliphatic carbocycles. The zero-order chi connectivity index (χ0) is 8.55. The van der Waals surface area contributed by atoms with Gasteiger partial charge in [-0.1, -0.05) is 12.2 Å². The van der Waals surface area contributed by atoms with Crippen molar-refractivity contribution in [1.29, 1.82) is 0 Å². The molecular formula is C9H14N2O. The van der Waals surface area contributed by atoms with Gasteiger partial charge in [-0.15, -0.1) is 0 Å². The molecule has 12 heavy (non-hydrogen) atoms. The number of amides is 1. The van der Waals surface area contributed by atoms with E-state index in [2.05, 4.69) is 12.2 Å². The molecule has 0 aromatic rings. The van der Waals surface area contributed by atoms with Gasteiger partial charge in [-0.2, -0.15) is 0 Å². The van der Waals surface area contributed by atoms with Crippen molar-refractivity contribution < 1.29 is 4.79 Å². The Morgan fingerprint density at radius 1 is 1.50 bits per heavy atom. The summed E-state index contributed by atoms with van der Waals surface area (Å²) >= 11 is 0. The highest BCUT2D eigenvalue weighted by Crippen LogP contribution is 2.22. The predicted octanol–water partition coefficient (Wildman–Crippen LogP) is 0.265. The van der Waals surface area contributed by atoms with E-state index in [1.165, 1.54) is 0 Å². The monoisotopic (exact) mass is 166 g/mol. The number of hydrogen-bond donors (Lipinski definition) is 1. The molecule has 0 bridgehead atoms. The minimum absolute atomic E-state index is 0.135. The first-order valence-electron chi connectivity index (χ1n) is 4.50. The Morgan fingerprint density at radius 2 is 2.33 bits per heavy atom. The van der Waals surface area contributed by atoms with Gasteiger partial charge in [0.25, 0.3) is 0 Å². The van der Waals surface area contributed by atoms with Crippen LogP contribution in [0.1, 0.15) is 19.3 Å². The molecule has 2 aliphatic rings. The lowest BCUT2D eigenvalue weighted by Gasteiger charge is -2.42. The second kappa shape index (κ2) is 2.90. The van der Waals surface area contributed by atoms with Crippen LogP contribution in [0.5, 0.6) is 0 Å². The number of likely N-dealkylation sites (tertiary alicyclic amines) is 1. The van der Waals surface area contributed by atoms with Gasteiger partial charge in [-0.3, -0.25) is 4.79 Å². The third-order valence-electron chi connectivity index (χ3n) is 2.68. The molecule has 2 atom stereocenters. The summed E-state index contributed by atoms with van der Waals surface area (Å²) < 4.78 is 0. The van der Waals surface area contributed by atoms with Crippen molar-refractivity contribution in [2.24, 2.45) is 5.73 Å². The van der Waals surface area contributed by atoms with Crippen LogP contribution in [0.25, 0.3) is 0 Å². The molecule has 1 aliphatic heterocycles. The van der Waals surface area contributed by atoms with E-state index in [1.54, 1.807) is 0 Å². The van der Waals surface area contributed by atoms with Crippen LogP contribution in [-0.4, -0.2) is 29.4 Å². The lowest BCUT2D eigenvalue weighted by molar-refractivity contribution is -0.145. The number of carbonyl (C=O) groups excluding carboxylic acids is 1. The Labute approximate surface area is 72.2 Å². The molecule has 2 N–H and O–H groups in total. The first kappa shape index (κ1) is 7.80. The number of hydrogen-bond acceptors (Lipinski definition) is 2. The smallest absolute Gasteiger partial charge is 0.241 e. The minimum Gasteiger partial charge on any atom is -0.336 e. The van der Waals surface area contributed by atoms with Crippen LogP contribution in [0.15, 0.2) is 12.2 Å². The zero-order valence-electron chi connectivity index (χ0n) is 7.07. The van der Waals surface area contributed by atoms with Gasteiger partial charge in [-0.25, -0.2) is 0 Å². The topological polar surface area (TPSA) is 46.3 Å². The number of rotatable bonds is 1. The molecule has 0 aromatic heterocycles. The van der Waals surface area contributed by atoms with E-state index in [0.717, 1.165) is 25.8 Å². The van der Waals surface area contributed by atoms with E-state index in [-0.39, 0.29) is 11.9 Å². The summed E-state index contributed by atoms with van der Waals surface area (Å²) in [6.07, 6.45) is 7.56. The maximum atomic E-state index is 11.2. The Bertz CT molecular complexity index is 225. The molecule has 0 spiro atoms. The molecule has 66 valence electrons. The molecule has 3 nitrogen and oxygen atoms in total. The van der Waals surface area contributed by atoms with Crippen LogP contribution in [0.2, 0.25) is 0 Å². The summed E-state index contributed by atoms with van der Waals surface area (Å²) in [5, 5.41) is 0. The molecule has 0 radical (unpaired) electrons. The number of carbonyl (C=O) groups is 1. The molecule has 2 unspecified atom stereocenters. The highest BCUT2D eigenvalue weighted by Gasteiger charge is 2.37. The maximum Gasteiger partial charge on any atom is 0.241 e. The van der Waals surface area contributed by atoms with E-state index in [9.17, 15) is 4.79 Å². The van der Waals surface area contributed by atoms with Crippen LogP contribution in [0, 0.1) is 0 Å². The SMILES string of the molecule is NC1CN(C2CC=CCC2)C1=O. The highest BCUT2D eigenvalue weighted by atomic mass is 16.2. The Hall–Kier alpha value is -0.830. The summed E-state index contributed by atoms with van der Waals surface area (Å²) in [6.45, 7) is 0.761. The second-order valence-corrected chi connectivity index (χ2v) is 3.54. The lowest BCUT2D eigenvalue weighted by atomic mass is 9.95. The molecule has 1 fully saturated rings. The van der Waals surface area contributed by atoms with Crippen molar-refractivity contribution in [3.63, 3.8) is 0 Å². The summed E-state index contributed by atoms with van der Waals surface area (Å²) in [5.74, 6) is 0.135. The van der Waals surface area contributed by atoms with Crippen molar-refractivity contribution in [2.45, 2.75) is 31.3 Å². The minimum atomic E-state index is -0.212. The largest absolute Gasteiger partial charge is 0.336 e. The number of nitrogens with two attached hydrogens (primary N) is 1. The fourth-order valence-electron chi connectivity index (χ4n) is 1.87. The zero-order valence-corrected chi connectivity index (χ0v) is 7.07. The maximum absolute atomic E-state index is 11.2. The first-order valence-corrected chi connectivity index (χ1v) is 4.50. The number of β-lactam (4-membered cyclic amide) rings is 1. The Balaban J connectivity index is 1.93. The van der Waals surface area contributed by atoms with Gasteiger partial charge in [0.2, 0.25) is 5.91 Å². The van der Waals surface area contributed by atoms with Gasteiger partial charge in [0.1, 0.15) is 6.04 Å². The fourth-order valence-corrected chi connectivity index (χ4v) is 1.87. The van der Waals surface area contributed by atoms with E-state index >= 15 is 0 Å². The van der Waals surface area contributed by atoms with Gasteiger partial charge in [0.15, 0.2) is 0 Å². The predicted molar refractivity (Wildman–Crippen MR) is 46.5 cm³/mol. The van der Waals surface area contributed by atoms with Gasteiger partial charge in [0.05, 0.1) is 0 Å². The van der Waals surface area contributed by atoms with Gasteiger partial charge >= 0.3 is 0 Å². The summed E-state index contributed by atoms with van der Waals surface area (Å²) in [5.41, 5.74) is 5.51. The van der Waals surface area contributed by atoms with E-state index in [4.69, 9.17) is 5.73 Å². The molecule has 3 heteroatoms. The molecule has 1 amide bonds. The Kier molecular flexibility index (Phi) is 1.89. The van der Waals surface area contributed by atoms with Crippen LogP contribution >= 0.6 is 0 Å². The summed E-state index contributed by atoms with van der Waals surface area (Å²) in [7, 11) is 0. The molecule has 1 saturated heterocycles. The third-order valence-corrected chi connectivity index (χ3v) is 2.68. The lowest BCUT2D eigenvalue weighted by Crippen LogP contribution is -2.64. The van der Waals surface area contributed by atoms with Crippen LogP contribution < -0.4 is 5.73 Å². The highest BCUT2D eigenvalue weighted by molar-refractivity contribution is 5.88. The third kappa shape index (κ3) is 1.14. The van der Waals surface area contributed by atoms with Crippen molar-refractivity contribution >= 4 is 5.91 Å². The summed E-state index contributed by atoms with van der Waals surface area (Å²) in [4.78, 5) is 13.1. The quantitative estimate of drug-likeness (QED) is 0.449. The van der Waals surface area contributed by atoms with Crippen LogP contribution in [0.3, 0.4) is 0 Å². The van der Waals surface area contributed by atoms with E-state index in [0.29, 0.717) is 6.04 Å². The number of nitrogens with zero attached hydrogens (tertiary/aromatic N) is 1. The molecule has 1 heterocycles. The van der Waals surface area contributed by atoms with Crippen molar-refractivity contribution in [3.8, 4) is 0 Å². The molecular weight excluding hydrogens is 152 g/mol. The average Bonchev–Trinajstić information content (AvgIpc) is 2.15. The van der Waals surface area contributed by atoms with E-state index < -0.39 is 0 Å². The first-order chi connectivity index (χ1) is 5.79. The molecule has 0 aromatic carbocycles. The summed E-state index contributed by atoms with van der Waals surface area (Å²) in [6, 6.07) is 0.221. The fraction of sp³-hybridized carbons (Fsp3) is 0.667. The van der Waals surface area contributed by atoms with Gasteiger partial charge < -0.3 is 10.6 Å². The second-order valence-electron chi connectivity index (χ2n) is 3.54.